The lowest BCUT2D eigenvalue weighted by molar-refractivity contribution is -0.123. The van der Waals surface area contributed by atoms with Gasteiger partial charge in [0.15, 0.2) is 0 Å². The summed E-state index contributed by atoms with van der Waals surface area (Å²) in [5.41, 5.74) is 0.278. The van der Waals surface area contributed by atoms with Gasteiger partial charge in [0.2, 0.25) is 5.91 Å². The summed E-state index contributed by atoms with van der Waals surface area (Å²) < 4.78 is 0. The molecule has 2 fully saturated rings. The van der Waals surface area contributed by atoms with Crippen molar-refractivity contribution in [1.82, 2.24) is 10.6 Å². The van der Waals surface area contributed by atoms with Crippen LogP contribution in [-0.4, -0.2) is 25.0 Å². The highest BCUT2D eigenvalue weighted by atomic mass is 16.1. The van der Waals surface area contributed by atoms with Crippen LogP contribution in [0.3, 0.4) is 0 Å². The molecule has 2 unspecified atom stereocenters. The van der Waals surface area contributed by atoms with E-state index in [1.54, 1.807) is 0 Å². The second-order valence-corrected chi connectivity index (χ2v) is 7.11. The van der Waals surface area contributed by atoms with Gasteiger partial charge in [-0.1, -0.05) is 26.7 Å². The molecule has 0 spiro atoms. The van der Waals surface area contributed by atoms with Gasteiger partial charge in [-0.05, 0) is 56.5 Å². The Morgan fingerprint density at radius 2 is 2.11 bits per heavy atom. The summed E-state index contributed by atoms with van der Waals surface area (Å²) in [7, 11) is 0. The van der Waals surface area contributed by atoms with Crippen LogP contribution < -0.4 is 10.6 Å². The lowest BCUT2D eigenvalue weighted by Gasteiger charge is -2.39. The molecule has 3 heteroatoms. The van der Waals surface area contributed by atoms with E-state index < -0.39 is 0 Å². The van der Waals surface area contributed by atoms with Crippen LogP contribution in [0.2, 0.25) is 0 Å². The fourth-order valence-electron chi connectivity index (χ4n) is 3.53. The number of amides is 1. The molecule has 1 saturated heterocycles. The molecule has 1 amide bonds. The number of hydrogen-bond donors (Lipinski definition) is 2. The summed E-state index contributed by atoms with van der Waals surface area (Å²) in [4.78, 5) is 12.1. The van der Waals surface area contributed by atoms with Crippen LogP contribution in [0.5, 0.6) is 0 Å². The van der Waals surface area contributed by atoms with Crippen molar-refractivity contribution >= 4 is 5.91 Å². The molecule has 0 radical (unpaired) electrons. The minimum atomic E-state index is 0.269. The fraction of sp³-hybridized carbons (Fsp3) is 0.938. The molecule has 1 saturated carbocycles. The van der Waals surface area contributed by atoms with E-state index in [9.17, 15) is 4.79 Å². The van der Waals surface area contributed by atoms with Crippen molar-refractivity contribution < 1.29 is 4.79 Å². The Bertz CT molecular complexity index is 295. The Morgan fingerprint density at radius 3 is 2.79 bits per heavy atom. The van der Waals surface area contributed by atoms with Crippen LogP contribution >= 0.6 is 0 Å². The van der Waals surface area contributed by atoms with Gasteiger partial charge in [0.25, 0.3) is 0 Å². The molecule has 3 nitrogen and oxygen atoms in total. The van der Waals surface area contributed by atoms with Crippen LogP contribution in [0.25, 0.3) is 0 Å². The zero-order valence-electron chi connectivity index (χ0n) is 12.6. The summed E-state index contributed by atoms with van der Waals surface area (Å²) in [6.07, 6.45) is 9.28. The number of carbonyl (C=O) groups is 1. The zero-order valence-corrected chi connectivity index (χ0v) is 12.6. The van der Waals surface area contributed by atoms with Crippen molar-refractivity contribution in [3.63, 3.8) is 0 Å². The number of nitrogens with one attached hydrogen (secondary N) is 2. The van der Waals surface area contributed by atoms with Gasteiger partial charge >= 0.3 is 0 Å². The van der Waals surface area contributed by atoms with Gasteiger partial charge < -0.3 is 10.6 Å². The molecule has 1 aliphatic carbocycles. The molecular weight excluding hydrogens is 236 g/mol. The first kappa shape index (κ1) is 14.8. The molecule has 0 bridgehead atoms. The Balaban J connectivity index is 1.71. The van der Waals surface area contributed by atoms with E-state index in [0.717, 1.165) is 25.9 Å². The molecule has 1 heterocycles. The minimum Gasteiger partial charge on any atom is -0.353 e. The molecule has 1 aliphatic heterocycles. The van der Waals surface area contributed by atoms with E-state index in [1.807, 2.05) is 0 Å². The van der Waals surface area contributed by atoms with Crippen molar-refractivity contribution in [2.75, 3.05) is 13.1 Å². The van der Waals surface area contributed by atoms with Gasteiger partial charge in [0.05, 0.1) is 0 Å². The highest BCUT2D eigenvalue weighted by Crippen LogP contribution is 2.35. The Labute approximate surface area is 117 Å². The molecule has 0 aromatic heterocycles. The van der Waals surface area contributed by atoms with E-state index in [4.69, 9.17) is 0 Å². The van der Waals surface area contributed by atoms with Crippen molar-refractivity contribution in [2.24, 2.45) is 11.3 Å². The molecule has 2 N–H and O–H groups in total. The summed E-state index contributed by atoms with van der Waals surface area (Å²) in [6, 6.07) is 0.387. The first-order chi connectivity index (χ1) is 9.08. The van der Waals surface area contributed by atoms with Crippen LogP contribution in [0.1, 0.15) is 65.2 Å². The van der Waals surface area contributed by atoms with Crippen molar-refractivity contribution in [1.29, 1.82) is 0 Å². The van der Waals surface area contributed by atoms with Crippen LogP contribution in [-0.2, 0) is 4.79 Å². The van der Waals surface area contributed by atoms with E-state index in [0.29, 0.717) is 18.4 Å². The Hall–Kier alpha value is -0.570. The molecule has 2 aliphatic rings. The summed E-state index contributed by atoms with van der Waals surface area (Å²) >= 11 is 0. The quantitative estimate of drug-likeness (QED) is 0.821. The molecular formula is C16H30N2O. The smallest absolute Gasteiger partial charge is 0.220 e. The monoisotopic (exact) mass is 266 g/mol. The molecule has 0 aromatic carbocycles. The zero-order chi connectivity index (χ0) is 13.7. The van der Waals surface area contributed by atoms with Crippen molar-refractivity contribution in [3.8, 4) is 0 Å². The Kier molecular flexibility index (Phi) is 5.26. The number of carbonyl (C=O) groups excluding carboxylic acids is 1. The van der Waals surface area contributed by atoms with Crippen molar-refractivity contribution in [2.45, 2.75) is 71.3 Å². The largest absolute Gasteiger partial charge is 0.353 e. The standard InChI is InChI=1S/C16H30N2O/c1-16(2)10-4-3-7-14(16)18-15(19)9-8-13-6-5-11-17-12-13/h13-14,17H,3-12H2,1-2H3,(H,18,19). The lowest BCUT2D eigenvalue weighted by atomic mass is 9.73. The van der Waals surface area contributed by atoms with Gasteiger partial charge in [0.1, 0.15) is 0 Å². The van der Waals surface area contributed by atoms with E-state index in [1.165, 1.54) is 32.1 Å². The second kappa shape index (κ2) is 6.74. The minimum absolute atomic E-state index is 0.269. The SMILES string of the molecule is CC1(C)CCCCC1NC(=O)CCC1CCCNC1. The highest BCUT2D eigenvalue weighted by molar-refractivity contribution is 5.76. The average Bonchev–Trinajstić information content (AvgIpc) is 2.40. The maximum absolute atomic E-state index is 12.1. The average molecular weight is 266 g/mol. The summed E-state index contributed by atoms with van der Waals surface area (Å²) in [6.45, 7) is 6.84. The number of piperidine rings is 1. The molecule has 110 valence electrons. The van der Waals surface area contributed by atoms with Crippen LogP contribution in [0.15, 0.2) is 0 Å². The molecule has 2 rings (SSSR count). The predicted molar refractivity (Wildman–Crippen MR) is 79.0 cm³/mol. The van der Waals surface area contributed by atoms with E-state index >= 15 is 0 Å². The summed E-state index contributed by atoms with van der Waals surface area (Å²) in [5, 5.41) is 6.71. The van der Waals surface area contributed by atoms with E-state index in [-0.39, 0.29) is 11.3 Å². The maximum Gasteiger partial charge on any atom is 0.220 e. The third kappa shape index (κ3) is 4.48. The van der Waals surface area contributed by atoms with Gasteiger partial charge in [0, 0.05) is 12.5 Å². The highest BCUT2D eigenvalue weighted by Gasteiger charge is 2.33. The normalized spacial score (nSPS) is 30.8. The summed E-state index contributed by atoms with van der Waals surface area (Å²) in [5.74, 6) is 0.976. The first-order valence-corrected chi connectivity index (χ1v) is 8.08. The van der Waals surface area contributed by atoms with Crippen LogP contribution in [0.4, 0.5) is 0 Å². The van der Waals surface area contributed by atoms with Gasteiger partial charge in [-0.25, -0.2) is 0 Å². The van der Waals surface area contributed by atoms with Crippen LogP contribution in [0, 0.1) is 11.3 Å². The number of hydrogen-bond acceptors (Lipinski definition) is 2. The Morgan fingerprint density at radius 1 is 1.26 bits per heavy atom. The number of rotatable bonds is 4. The lowest BCUT2D eigenvalue weighted by Crippen LogP contribution is -2.46. The molecule has 0 aromatic rings. The van der Waals surface area contributed by atoms with Gasteiger partial charge in [-0.3, -0.25) is 4.79 Å². The van der Waals surface area contributed by atoms with Crippen molar-refractivity contribution in [3.05, 3.63) is 0 Å². The molecule has 19 heavy (non-hydrogen) atoms. The van der Waals surface area contributed by atoms with Gasteiger partial charge in [-0.2, -0.15) is 0 Å². The first-order valence-electron chi connectivity index (χ1n) is 8.08. The maximum atomic E-state index is 12.1. The predicted octanol–water partition coefficient (Wildman–Crippen LogP) is 2.85. The fourth-order valence-corrected chi connectivity index (χ4v) is 3.53. The van der Waals surface area contributed by atoms with Gasteiger partial charge in [-0.15, -0.1) is 0 Å². The van der Waals surface area contributed by atoms with E-state index in [2.05, 4.69) is 24.5 Å². The topological polar surface area (TPSA) is 41.1 Å². The second-order valence-electron chi connectivity index (χ2n) is 7.11. The third-order valence-corrected chi connectivity index (χ3v) is 5.02. The molecule has 2 atom stereocenters. The third-order valence-electron chi connectivity index (χ3n) is 5.02.